The third-order valence-electron chi connectivity index (χ3n) is 2.13. The number of carbonyl (C=O) groups is 2. The third-order valence-corrected chi connectivity index (χ3v) is 2.13. The number of aromatic amines is 1. The topological polar surface area (TPSA) is 72.0 Å². The molecule has 5 heteroatoms. The van der Waals surface area contributed by atoms with Crippen LogP contribution >= 0.6 is 0 Å². The van der Waals surface area contributed by atoms with Crippen LogP contribution in [-0.4, -0.2) is 29.6 Å². The zero-order chi connectivity index (χ0) is 10.8. The van der Waals surface area contributed by atoms with Crippen LogP contribution in [0.5, 0.6) is 0 Å². The summed E-state index contributed by atoms with van der Waals surface area (Å²) in [6, 6.07) is 5.07. The number of hydrogen-bond acceptors (Lipinski definition) is 4. The summed E-state index contributed by atoms with van der Waals surface area (Å²) in [7, 11) is 1.27. The normalized spacial score (nSPS) is 10.2. The number of ether oxygens (including phenoxy) is 1. The van der Waals surface area contributed by atoms with E-state index in [1.807, 2.05) is 0 Å². The van der Waals surface area contributed by atoms with Gasteiger partial charge in [0.25, 0.3) is 0 Å². The predicted molar refractivity (Wildman–Crippen MR) is 52.8 cm³/mol. The first-order chi connectivity index (χ1) is 7.27. The van der Waals surface area contributed by atoms with Gasteiger partial charge in [-0.05, 0) is 6.07 Å². The third kappa shape index (κ3) is 1.38. The van der Waals surface area contributed by atoms with E-state index in [1.54, 1.807) is 18.2 Å². The van der Waals surface area contributed by atoms with Crippen LogP contribution in [-0.2, 0) is 4.74 Å². The molecule has 5 nitrogen and oxygen atoms in total. The van der Waals surface area contributed by atoms with Crippen molar-refractivity contribution in [1.29, 1.82) is 0 Å². The fraction of sp³-hybridized carbons (Fsp3) is 0.100. The summed E-state index contributed by atoms with van der Waals surface area (Å²) in [4.78, 5) is 22.1. The number of benzene rings is 1. The minimum absolute atomic E-state index is 0.134. The molecule has 0 bridgehead atoms. The second-order valence-corrected chi connectivity index (χ2v) is 2.95. The number of methoxy groups -OCH3 is 1. The van der Waals surface area contributed by atoms with E-state index >= 15 is 0 Å². The molecule has 0 radical (unpaired) electrons. The van der Waals surface area contributed by atoms with E-state index in [9.17, 15) is 9.59 Å². The molecular weight excluding hydrogens is 196 g/mol. The zero-order valence-corrected chi connectivity index (χ0v) is 7.98. The minimum atomic E-state index is -0.560. The van der Waals surface area contributed by atoms with E-state index < -0.39 is 5.97 Å². The van der Waals surface area contributed by atoms with Crippen LogP contribution in [0.3, 0.4) is 0 Å². The standard InChI is InChI=1S/C10H8N2O3/c1-15-10(14)9-8-6(5-13)3-2-4-7(8)11-12-9/h2-5H,1H3,(H,11,12). The Kier molecular flexibility index (Phi) is 2.21. The van der Waals surface area contributed by atoms with Gasteiger partial charge in [0, 0.05) is 10.9 Å². The summed E-state index contributed by atoms with van der Waals surface area (Å²) >= 11 is 0. The molecular formula is C10H8N2O3. The van der Waals surface area contributed by atoms with Gasteiger partial charge in [0.1, 0.15) is 0 Å². The molecule has 1 heterocycles. The second kappa shape index (κ2) is 3.53. The van der Waals surface area contributed by atoms with E-state index in [2.05, 4.69) is 14.9 Å². The summed E-state index contributed by atoms with van der Waals surface area (Å²) in [6.45, 7) is 0. The van der Waals surface area contributed by atoms with Crippen molar-refractivity contribution in [2.75, 3.05) is 7.11 Å². The number of aldehydes is 1. The molecule has 15 heavy (non-hydrogen) atoms. The maximum absolute atomic E-state index is 11.3. The van der Waals surface area contributed by atoms with Crippen LogP contribution < -0.4 is 0 Å². The van der Waals surface area contributed by atoms with Crippen molar-refractivity contribution >= 4 is 23.2 Å². The predicted octanol–water partition coefficient (Wildman–Crippen LogP) is 1.16. The molecule has 0 amide bonds. The lowest BCUT2D eigenvalue weighted by Gasteiger charge is -1.96. The number of nitrogens with one attached hydrogen (secondary N) is 1. The molecule has 0 spiro atoms. The summed E-state index contributed by atoms with van der Waals surface area (Å²) < 4.78 is 4.56. The van der Waals surface area contributed by atoms with Gasteiger partial charge in [0.15, 0.2) is 12.0 Å². The molecule has 0 aliphatic rings. The van der Waals surface area contributed by atoms with E-state index in [0.29, 0.717) is 22.8 Å². The van der Waals surface area contributed by atoms with Gasteiger partial charge in [-0.15, -0.1) is 0 Å². The number of H-pyrrole nitrogens is 1. The number of fused-ring (bicyclic) bond motifs is 1. The highest BCUT2D eigenvalue weighted by atomic mass is 16.5. The Balaban J connectivity index is 2.76. The lowest BCUT2D eigenvalue weighted by Crippen LogP contribution is -2.02. The summed E-state index contributed by atoms with van der Waals surface area (Å²) in [5.74, 6) is -0.560. The first-order valence-electron chi connectivity index (χ1n) is 4.28. The van der Waals surface area contributed by atoms with Crippen molar-refractivity contribution in [2.45, 2.75) is 0 Å². The van der Waals surface area contributed by atoms with Crippen molar-refractivity contribution in [1.82, 2.24) is 10.2 Å². The number of nitrogens with zero attached hydrogens (tertiary/aromatic N) is 1. The first kappa shape index (κ1) is 9.39. The highest BCUT2D eigenvalue weighted by Gasteiger charge is 2.16. The van der Waals surface area contributed by atoms with Gasteiger partial charge in [-0.1, -0.05) is 12.1 Å². The largest absolute Gasteiger partial charge is 0.464 e. The van der Waals surface area contributed by atoms with Gasteiger partial charge >= 0.3 is 5.97 Å². The molecule has 1 aromatic heterocycles. The van der Waals surface area contributed by atoms with Gasteiger partial charge in [0.05, 0.1) is 12.6 Å². The highest BCUT2D eigenvalue weighted by molar-refractivity contribution is 6.08. The molecule has 0 saturated heterocycles. The molecule has 0 fully saturated rings. The van der Waals surface area contributed by atoms with Crippen LogP contribution in [0.2, 0.25) is 0 Å². The van der Waals surface area contributed by atoms with Crippen molar-refractivity contribution in [3.8, 4) is 0 Å². The molecule has 0 atom stereocenters. The van der Waals surface area contributed by atoms with Gasteiger partial charge in [-0.2, -0.15) is 5.10 Å². The average Bonchev–Trinajstić information content (AvgIpc) is 2.71. The quantitative estimate of drug-likeness (QED) is 0.588. The fourth-order valence-electron chi connectivity index (χ4n) is 1.44. The molecule has 2 aromatic rings. The number of aromatic nitrogens is 2. The summed E-state index contributed by atoms with van der Waals surface area (Å²) in [6.07, 6.45) is 0.685. The molecule has 0 aliphatic carbocycles. The van der Waals surface area contributed by atoms with Gasteiger partial charge < -0.3 is 4.74 Å². The maximum atomic E-state index is 11.3. The molecule has 0 aliphatic heterocycles. The molecule has 1 aromatic carbocycles. The lowest BCUT2D eigenvalue weighted by atomic mass is 10.1. The molecule has 0 unspecified atom stereocenters. The molecule has 76 valence electrons. The van der Waals surface area contributed by atoms with Crippen LogP contribution in [0, 0.1) is 0 Å². The van der Waals surface area contributed by atoms with Crippen LogP contribution in [0.1, 0.15) is 20.8 Å². The minimum Gasteiger partial charge on any atom is -0.464 e. The number of esters is 1. The Hall–Kier alpha value is -2.17. The SMILES string of the molecule is COC(=O)c1n[nH]c2cccc(C=O)c12. The van der Waals surface area contributed by atoms with Crippen molar-refractivity contribution in [2.24, 2.45) is 0 Å². The average molecular weight is 204 g/mol. The monoisotopic (exact) mass is 204 g/mol. The Morgan fingerprint density at radius 2 is 2.33 bits per heavy atom. The molecule has 0 saturated carbocycles. The van der Waals surface area contributed by atoms with E-state index in [0.717, 1.165) is 0 Å². The number of carbonyl (C=O) groups excluding carboxylic acids is 2. The van der Waals surface area contributed by atoms with Gasteiger partial charge in [-0.3, -0.25) is 9.89 Å². The molecule has 1 N–H and O–H groups in total. The number of hydrogen-bond donors (Lipinski definition) is 1. The Labute approximate surface area is 85.0 Å². The number of rotatable bonds is 2. The zero-order valence-electron chi connectivity index (χ0n) is 7.98. The van der Waals surface area contributed by atoms with Crippen molar-refractivity contribution in [3.05, 3.63) is 29.5 Å². The second-order valence-electron chi connectivity index (χ2n) is 2.95. The highest BCUT2D eigenvalue weighted by Crippen LogP contribution is 2.19. The summed E-state index contributed by atoms with van der Waals surface area (Å²) in [5, 5.41) is 6.98. The van der Waals surface area contributed by atoms with Crippen molar-refractivity contribution in [3.63, 3.8) is 0 Å². The van der Waals surface area contributed by atoms with Crippen LogP contribution in [0.15, 0.2) is 18.2 Å². The Morgan fingerprint density at radius 3 is 3.00 bits per heavy atom. The van der Waals surface area contributed by atoms with Gasteiger partial charge in [-0.25, -0.2) is 4.79 Å². The van der Waals surface area contributed by atoms with Gasteiger partial charge in [0.2, 0.25) is 0 Å². The smallest absolute Gasteiger partial charge is 0.359 e. The summed E-state index contributed by atoms with van der Waals surface area (Å²) in [5.41, 5.74) is 1.19. The van der Waals surface area contributed by atoms with E-state index in [4.69, 9.17) is 0 Å². The van der Waals surface area contributed by atoms with Crippen LogP contribution in [0.4, 0.5) is 0 Å². The lowest BCUT2D eigenvalue weighted by molar-refractivity contribution is 0.0596. The van der Waals surface area contributed by atoms with Crippen molar-refractivity contribution < 1.29 is 14.3 Å². The van der Waals surface area contributed by atoms with E-state index in [-0.39, 0.29) is 5.69 Å². The Morgan fingerprint density at radius 1 is 1.53 bits per heavy atom. The Bertz CT molecular complexity index is 530. The fourth-order valence-corrected chi connectivity index (χ4v) is 1.44. The van der Waals surface area contributed by atoms with E-state index in [1.165, 1.54) is 7.11 Å². The maximum Gasteiger partial charge on any atom is 0.359 e. The molecule has 2 rings (SSSR count). The first-order valence-corrected chi connectivity index (χ1v) is 4.28. The van der Waals surface area contributed by atoms with Crippen LogP contribution in [0.25, 0.3) is 10.9 Å².